The van der Waals surface area contributed by atoms with Crippen molar-refractivity contribution in [3.05, 3.63) is 90.1 Å². The van der Waals surface area contributed by atoms with Crippen molar-refractivity contribution in [1.29, 1.82) is 0 Å². The minimum atomic E-state index is 0. The number of aromatic nitrogens is 3. The monoisotopic (exact) mass is 528 g/mol. The van der Waals surface area contributed by atoms with E-state index in [1.807, 2.05) is 12.5 Å². The molecule has 0 aliphatic carbocycles. The third kappa shape index (κ3) is 6.33. The van der Waals surface area contributed by atoms with Crippen molar-refractivity contribution < 1.29 is 0 Å². The highest BCUT2D eigenvalue weighted by Crippen LogP contribution is 2.17. The lowest BCUT2D eigenvalue weighted by Crippen LogP contribution is -2.38. The summed E-state index contributed by atoms with van der Waals surface area (Å²) in [4.78, 5) is 12.2. The molecule has 4 rings (SSSR count). The maximum atomic E-state index is 4.74. The normalized spacial score (nSPS) is 11.3. The largest absolute Gasteiger partial charge is 0.361 e. The van der Waals surface area contributed by atoms with E-state index in [-0.39, 0.29) is 24.0 Å². The quantitative estimate of drug-likeness (QED) is 0.181. The lowest BCUT2D eigenvalue weighted by atomic mass is 10.1. The summed E-state index contributed by atoms with van der Waals surface area (Å²) in [5, 5.41) is 8.07. The van der Waals surface area contributed by atoms with Crippen molar-refractivity contribution in [2.45, 2.75) is 26.4 Å². The summed E-state index contributed by atoms with van der Waals surface area (Å²) in [5.41, 5.74) is 4.95. The van der Waals surface area contributed by atoms with Gasteiger partial charge in [-0.05, 0) is 36.1 Å². The fraction of sp³-hybridized carbons (Fsp3) is 0.250. The van der Waals surface area contributed by atoms with E-state index in [4.69, 9.17) is 4.99 Å². The van der Waals surface area contributed by atoms with Crippen LogP contribution in [0.15, 0.2) is 78.4 Å². The number of aromatic amines is 1. The Bertz CT molecular complexity index is 1080. The van der Waals surface area contributed by atoms with Gasteiger partial charge in [0.05, 0.1) is 12.9 Å². The Hall–Kier alpha value is -2.81. The second-order valence-corrected chi connectivity index (χ2v) is 7.28. The number of halogens is 1. The van der Waals surface area contributed by atoms with Crippen molar-refractivity contribution in [2.24, 2.45) is 4.99 Å². The highest BCUT2D eigenvalue weighted by Gasteiger charge is 2.04. The number of fused-ring (bicyclic) bond motifs is 1. The first-order chi connectivity index (χ1) is 14.8. The Balaban J connectivity index is 0.00000272. The second-order valence-electron chi connectivity index (χ2n) is 7.28. The van der Waals surface area contributed by atoms with Crippen LogP contribution in [0.1, 0.15) is 23.6 Å². The molecule has 0 aliphatic heterocycles. The van der Waals surface area contributed by atoms with Gasteiger partial charge in [0.15, 0.2) is 5.96 Å². The molecule has 0 saturated heterocycles. The average Bonchev–Trinajstić information content (AvgIpc) is 3.43. The van der Waals surface area contributed by atoms with Gasteiger partial charge in [0.2, 0.25) is 0 Å². The third-order valence-electron chi connectivity index (χ3n) is 5.07. The average molecular weight is 528 g/mol. The Kier molecular flexibility index (Phi) is 8.52. The van der Waals surface area contributed by atoms with Crippen LogP contribution in [0.25, 0.3) is 10.9 Å². The molecule has 0 saturated carbocycles. The van der Waals surface area contributed by atoms with Gasteiger partial charge < -0.3 is 20.2 Å². The van der Waals surface area contributed by atoms with Crippen LogP contribution in [0.4, 0.5) is 0 Å². The Morgan fingerprint density at radius 1 is 1.06 bits per heavy atom. The van der Waals surface area contributed by atoms with Gasteiger partial charge in [0.1, 0.15) is 0 Å². The number of nitrogens with zero attached hydrogens (tertiary/aromatic N) is 3. The lowest BCUT2D eigenvalue weighted by Gasteiger charge is -2.11. The molecule has 0 fully saturated rings. The van der Waals surface area contributed by atoms with E-state index in [9.17, 15) is 0 Å². The van der Waals surface area contributed by atoms with Crippen LogP contribution in [0, 0.1) is 0 Å². The van der Waals surface area contributed by atoms with Gasteiger partial charge in [0, 0.05) is 49.1 Å². The first-order valence-electron chi connectivity index (χ1n) is 10.4. The molecule has 2 heterocycles. The van der Waals surface area contributed by atoms with Crippen LogP contribution >= 0.6 is 24.0 Å². The third-order valence-corrected chi connectivity index (χ3v) is 5.07. The molecule has 0 aliphatic rings. The highest BCUT2D eigenvalue weighted by molar-refractivity contribution is 14.0. The van der Waals surface area contributed by atoms with Gasteiger partial charge in [-0.1, -0.05) is 42.5 Å². The van der Waals surface area contributed by atoms with Crippen LogP contribution in [-0.4, -0.2) is 33.6 Å². The first-order valence-corrected chi connectivity index (χ1v) is 10.4. The van der Waals surface area contributed by atoms with E-state index < -0.39 is 0 Å². The number of imidazole rings is 1. The minimum absolute atomic E-state index is 0. The number of nitrogens with one attached hydrogen (secondary N) is 3. The molecule has 0 unspecified atom stereocenters. The summed E-state index contributed by atoms with van der Waals surface area (Å²) in [6.07, 6.45) is 8.65. The van der Waals surface area contributed by atoms with Crippen molar-refractivity contribution in [1.82, 2.24) is 25.2 Å². The zero-order valence-corrected chi connectivity index (χ0v) is 20.0. The predicted molar refractivity (Wildman–Crippen MR) is 138 cm³/mol. The highest BCUT2D eigenvalue weighted by atomic mass is 127. The maximum Gasteiger partial charge on any atom is 0.191 e. The van der Waals surface area contributed by atoms with Gasteiger partial charge in [0.25, 0.3) is 0 Å². The molecule has 2 aromatic heterocycles. The number of rotatable bonds is 8. The van der Waals surface area contributed by atoms with Crippen LogP contribution in [-0.2, 0) is 19.5 Å². The van der Waals surface area contributed by atoms with Crippen molar-refractivity contribution in [3.8, 4) is 0 Å². The molecule has 2 aromatic carbocycles. The summed E-state index contributed by atoms with van der Waals surface area (Å²) in [6, 6.07) is 17.0. The van der Waals surface area contributed by atoms with Crippen molar-refractivity contribution in [3.63, 3.8) is 0 Å². The van der Waals surface area contributed by atoms with E-state index in [0.717, 1.165) is 32.0 Å². The molecule has 3 N–H and O–H groups in total. The standard InChI is InChI=1S/C24H28N6.HI/c1-2-26-24(27-12-11-21-16-28-23-6-4-3-5-22(21)23)29-15-19-7-9-20(10-8-19)17-30-14-13-25-18-30;/h3-10,13-14,16,18,28H,2,11-12,15,17H2,1H3,(H2,26,27,29);1H. The predicted octanol–water partition coefficient (Wildman–Crippen LogP) is 4.33. The molecular formula is C24H29IN6. The molecule has 0 amide bonds. The minimum Gasteiger partial charge on any atom is -0.361 e. The molecule has 0 bridgehead atoms. The smallest absolute Gasteiger partial charge is 0.191 e. The summed E-state index contributed by atoms with van der Waals surface area (Å²) in [5.74, 6) is 0.847. The fourth-order valence-corrected chi connectivity index (χ4v) is 3.51. The number of guanidine groups is 1. The number of para-hydroxylation sites is 1. The molecule has 31 heavy (non-hydrogen) atoms. The van der Waals surface area contributed by atoms with Crippen molar-refractivity contribution >= 4 is 40.8 Å². The van der Waals surface area contributed by atoms with Crippen LogP contribution in [0.3, 0.4) is 0 Å². The summed E-state index contributed by atoms with van der Waals surface area (Å²) in [7, 11) is 0. The van der Waals surface area contributed by atoms with E-state index in [1.165, 1.54) is 27.6 Å². The number of hydrogen-bond donors (Lipinski definition) is 3. The summed E-state index contributed by atoms with van der Waals surface area (Å²) in [6.45, 7) is 5.23. The Morgan fingerprint density at radius 3 is 2.65 bits per heavy atom. The van der Waals surface area contributed by atoms with Crippen LogP contribution < -0.4 is 10.6 Å². The second kappa shape index (κ2) is 11.5. The number of H-pyrrole nitrogens is 1. The van der Waals surface area contributed by atoms with Gasteiger partial charge in [-0.25, -0.2) is 9.98 Å². The van der Waals surface area contributed by atoms with Gasteiger partial charge in [-0.15, -0.1) is 24.0 Å². The lowest BCUT2D eigenvalue weighted by molar-refractivity contribution is 0.794. The molecule has 0 atom stereocenters. The van der Waals surface area contributed by atoms with E-state index in [0.29, 0.717) is 6.54 Å². The number of benzene rings is 2. The SMILES string of the molecule is CCNC(=NCc1ccc(Cn2ccnc2)cc1)NCCc1c[nH]c2ccccc12.I. The first kappa shape index (κ1) is 22.9. The summed E-state index contributed by atoms with van der Waals surface area (Å²) < 4.78 is 2.06. The zero-order chi connectivity index (χ0) is 20.6. The van der Waals surface area contributed by atoms with Crippen molar-refractivity contribution in [2.75, 3.05) is 13.1 Å². The molecular weight excluding hydrogens is 499 g/mol. The van der Waals surface area contributed by atoms with Crippen LogP contribution in [0.2, 0.25) is 0 Å². The molecule has 4 aromatic rings. The topological polar surface area (TPSA) is 70.0 Å². The Morgan fingerprint density at radius 2 is 1.87 bits per heavy atom. The fourth-order valence-electron chi connectivity index (χ4n) is 3.51. The Labute approximate surface area is 200 Å². The molecule has 0 spiro atoms. The van der Waals surface area contributed by atoms with E-state index in [2.05, 4.69) is 86.8 Å². The van der Waals surface area contributed by atoms with Gasteiger partial charge in [-0.2, -0.15) is 0 Å². The van der Waals surface area contributed by atoms with Gasteiger partial charge >= 0.3 is 0 Å². The van der Waals surface area contributed by atoms with E-state index in [1.54, 1.807) is 6.20 Å². The molecule has 0 radical (unpaired) electrons. The summed E-state index contributed by atoms with van der Waals surface area (Å²) >= 11 is 0. The molecule has 6 nitrogen and oxygen atoms in total. The maximum absolute atomic E-state index is 4.74. The van der Waals surface area contributed by atoms with Crippen LogP contribution in [0.5, 0.6) is 0 Å². The van der Waals surface area contributed by atoms with E-state index >= 15 is 0 Å². The molecule has 162 valence electrons. The zero-order valence-electron chi connectivity index (χ0n) is 17.7. The molecule has 7 heteroatoms. The number of aliphatic imine (C=N–C) groups is 1. The van der Waals surface area contributed by atoms with Gasteiger partial charge in [-0.3, -0.25) is 0 Å². The number of hydrogen-bond acceptors (Lipinski definition) is 2.